The number of halogens is 1. The third-order valence-electron chi connectivity index (χ3n) is 1.20. The van der Waals surface area contributed by atoms with Crippen molar-refractivity contribution in [2.75, 3.05) is 0 Å². The van der Waals surface area contributed by atoms with E-state index in [0.717, 1.165) is 5.56 Å². The summed E-state index contributed by atoms with van der Waals surface area (Å²) in [7, 11) is 0. The summed E-state index contributed by atoms with van der Waals surface area (Å²) in [6.45, 7) is 0.382. The van der Waals surface area contributed by atoms with Crippen molar-refractivity contribution in [3.8, 4) is 5.75 Å². The highest BCUT2D eigenvalue weighted by molar-refractivity contribution is 9.06. The van der Waals surface area contributed by atoms with Crippen LogP contribution in [0.25, 0.3) is 0 Å². The molecule has 0 aliphatic carbocycles. The smallest absolute Gasteiger partial charge is 0.121 e. The van der Waals surface area contributed by atoms with Gasteiger partial charge in [-0.2, -0.15) is 0 Å². The van der Waals surface area contributed by atoms with Gasteiger partial charge in [-0.1, -0.05) is 18.2 Å². The van der Waals surface area contributed by atoms with Crippen molar-refractivity contribution in [3.63, 3.8) is 0 Å². The van der Waals surface area contributed by atoms with Crippen molar-refractivity contribution >= 4 is 16.3 Å². The fourth-order valence-electron chi connectivity index (χ4n) is 0.692. The summed E-state index contributed by atoms with van der Waals surface area (Å²) >= 11 is 2.81. The number of phenolic OH excluding ortho intramolecular Hbond substituents is 1. The van der Waals surface area contributed by atoms with E-state index in [2.05, 4.69) is 20.1 Å². The van der Waals surface area contributed by atoms with E-state index in [0.29, 0.717) is 6.61 Å². The second-order valence-electron chi connectivity index (χ2n) is 1.88. The third kappa shape index (κ3) is 1.72. The van der Waals surface area contributed by atoms with Gasteiger partial charge < -0.3 is 8.93 Å². The van der Waals surface area contributed by atoms with Crippen molar-refractivity contribution in [2.45, 2.75) is 6.61 Å². The Bertz CT molecular complexity index is 213. The Morgan fingerprint density at radius 2 is 2.10 bits per heavy atom. The molecule has 0 spiro atoms. The van der Waals surface area contributed by atoms with E-state index in [9.17, 15) is 0 Å². The topological polar surface area (TPSA) is 29.5 Å². The Kier molecular flexibility index (Phi) is 2.71. The largest absolute Gasteiger partial charge is 0.508 e. The van der Waals surface area contributed by atoms with E-state index >= 15 is 0 Å². The lowest BCUT2D eigenvalue weighted by atomic mass is 10.2. The minimum atomic E-state index is 0.266. The zero-order valence-corrected chi connectivity index (χ0v) is 6.84. The predicted octanol–water partition coefficient (Wildman–Crippen LogP) is 2.22. The van der Waals surface area contributed by atoms with Crippen LogP contribution in [0, 0.1) is 0 Å². The zero-order chi connectivity index (χ0) is 7.40. The van der Waals surface area contributed by atoms with Gasteiger partial charge in [-0.05, 0) is 6.07 Å². The molecule has 0 aliphatic heterocycles. The van der Waals surface area contributed by atoms with Crippen molar-refractivity contribution in [1.29, 1.82) is 0 Å². The second kappa shape index (κ2) is 3.58. The second-order valence-corrected chi connectivity index (χ2v) is 2.34. The average molecular weight is 203 g/mol. The third-order valence-corrected chi connectivity index (χ3v) is 1.43. The Morgan fingerprint density at radius 3 is 2.70 bits per heavy atom. The van der Waals surface area contributed by atoms with Crippen molar-refractivity contribution in [1.82, 2.24) is 0 Å². The molecule has 0 amide bonds. The van der Waals surface area contributed by atoms with E-state index in [-0.39, 0.29) is 5.75 Å². The summed E-state index contributed by atoms with van der Waals surface area (Å²) in [5.74, 6) is 0.266. The maximum Gasteiger partial charge on any atom is 0.121 e. The monoisotopic (exact) mass is 202 g/mol. The van der Waals surface area contributed by atoms with Crippen LogP contribution in [0.15, 0.2) is 24.3 Å². The first kappa shape index (κ1) is 7.57. The summed E-state index contributed by atoms with van der Waals surface area (Å²) in [5, 5.41) is 9.14. The first-order valence-electron chi connectivity index (χ1n) is 2.85. The lowest BCUT2D eigenvalue weighted by Gasteiger charge is -1.99. The van der Waals surface area contributed by atoms with Crippen LogP contribution in [0.2, 0.25) is 0 Å². The molecule has 1 N–H and O–H groups in total. The lowest BCUT2D eigenvalue weighted by Crippen LogP contribution is -1.82. The fourth-order valence-corrected chi connectivity index (χ4v) is 0.938. The minimum Gasteiger partial charge on any atom is -0.508 e. The van der Waals surface area contributed by atoms with Crippen LogP contribution in [-0.4, -0.2) is 5.11 Å². The van der Waals surface area contributed by atoms with Crippen molar-refractivity contribution in [2.24, 2.45) is 0 Å². The van der Waals surface area contributed by atoms with Crippen molar-refractivity contribution in [3.05, 3.63) is 29.8 Å². The number of para-hydroxylation sites is 1. The van der Waals surface area contributed by atoms with Crippen LogP contribution >= 0.6 is 16.3 Å². The molecule has 0 radical (unpaired) electrons. The first-order chi connectivity index (χ1) is 4.84. The number of hydrogen-bond donors (Lipinski definition) is 1. The van der Waals surface area contributed by atoms with Gasteiger partial charge in [0.1, 0.15) is 5.75 Å². The molecule has 0 aliphatic rings. The standard InChI is InChI=1S/C7H7BrO2/c8-10-5-6-3-1-2-4-7(6)9/h1-4,9H,5H2. The van der Waals surface area contributed by atoms with E-state index < -0.39 is 0 Å². The van der Waals surface area contributed by atoms with Crippen LogP contribution in [0.3, 0.4) is 0 Å². The molecule has 10 heavy (non-hydrogen) atoms. The summed E-state index contributed by atoms with van der Waals surface area (Å²) in [4.78, 5) is 0. The molecule has 0 bridgehead atoms. The average Bonchev–Trinajstić information content (AvgIpc) is 1.94. The van der Waals surface area contributed by atoms with Gasteiger partial charge in [0.25, 0.3) is 0 Å². The number of hydrogen-bond acceptors (Lipinski definition) is 2. The highest BCUT2D eigenvalue weighted by atomic mass is 79.9. The molecular formula is C7H7BrO2. The van der Waals surface area contributed by atoms with E-state index in [1.54, 1.807) is 18.2 Å². The van der Waals surface area contributed by atoms with Crippen LogP contribution in [-0.2, 0) is 10.4 Å². The van der Waals surface area contributed by atoms with Gasteiger partial charge in [-0.25, -0.2) is 0 Å². The molecule has 54 valence electrons. The van der Waals surface area contributed by atoms with Gasteiger partial charge in [-0.3, -0.25) is 0 Å². The van der Waals surface area contributed by atoms with Gasteiger partial charge >= 0.3 is 0 Å². The van der Waals surface area contributed by atoms with E-state index in [1.165, 1.54) is 0 Å². The molecule has 0 fully saturated rings. The normalized spacial score (nSPS) is 9.70. The lowest BCUT2D eigenvalue weighted by molar-refractivity contribution is 0.371. The number of aromatic hydroxyl groups is 1. The van der Waals surface area contributed by atoms with Gasteiger partial charge in [0.15, 0.2) is 0 Å². The molecule has 1 aromatic carbocycles. The molecule has 0 saturated carbocycles. The number of phenols is 1. The maximum atomic E-state index is 9.14. The molecule has 0 aromatic heterocycles. The Labute approximate surface area is 67.9 Å². The summed E-state index contributed by atoms with van der Waals surface area (Å²) in [5.41, 5.74) is 0.777. The van der Waals surface area contributed by atoms with Crippen molar-refractivity contribution < 1.29 is 8.93 Å². The van der Waals surface area contributed by atoms with Gasteiger partial charge in [-0.15, -0.1) is 0 Å². The number of rotatable bonds is 2. The highest BCUT2D eigenvalue weighted by Gasteiger charge is 1.96. The first-order valence-corrected chi connectivity index (χ1v) is 3.49. The molecule has 0 atom stereocenters. The summed E-state index contributed by atoms with van der Waals surface area (Å²) < 4.78 is 4.66. The zero-order valence-electron chi connectivity index (χ0n) is 5.25. The van der Waals surface area contributed by atoms with Crippen LogP contribution in [0.4, 0.5) is 0 Å². The quantitative estimate of drug-likeness (QED) is 0.798. The van der Waals surface area contributed by atoms with Crippen LogP contribution in [0.1, 0.15) is 5.56 Å². The highest BCUT2D eigenvalue weighted by Crippen LogP contribution is 2.16. The van der Waals surface area contributed by atoms with Gasteiger partial charge in [0.05, 0.1) is 22.9 Å². The summed E-state index contributed by atoms with van der Waals surface area (Å²) in [6.07, 6.45) is 0. The van der Waals surface area contributed by atoms with Crippen LogP contribution in [0.5, 0.6) is 5.75 Å². The molecule has 0 saturated heterocycles. The molecule has 1 rings (SSSR count). The molecule has 1 aromatic rings. The minimum absolute atomic E-state index is 0.266. The molecular weight excluding hydrogens is 196 g/mol. The molecule has 0 heterocycles. The molecule has 2 nitrogen and oxygen atoms in total. The molecule has 3 heteroatoms. The van der Waals surface area contributed by atoms with Gasteiger partial charge in [0, 0.05) is 5.56 Å². The van der Waals surface area contributed by atoms with E-state index in [4.69, 9.17) is 5.11 Å². The van der Waals surface area contributed by atoms with E-state index in [1.807, 2.05) is 6.07 Å². The Balaban J connectivity index is 2.81. The maximum absolute atomic E-state index is 9.14. The SMILES string of the molecule is Oc1ccccc1COBr. The fraction of sp³-hybridized carbons (Fsp3) is 0.143. The van der Waals surface area contributed by atoms with Crippen LogP contribution < -0.4 is 0 Å². The van der Waals surface area contributed by atoms with Gasteiger partial charge in [0.2, 0.25) is 0 Å². The number of benzene rings is 1. The summed E-state index contributed by atoms with van der Waals surface area (Å²) in [6, 6.07) is 7.05. The Morgan fingerprint density at radius 1 is 1.40 bits per heavy atom. The molecule has 0 unspecified atom stereocenters. The predicted molar refractivity (Wildman–Crippen MR) is 41.8 cm³/mol. The Hall–Kier alpha value is -0.540.